The topological polar surface area (TPSA) is 21.3 Å². The average molecular weight is 275 g/mol. The van der Waals surface area contributed by atoms with Crippen LogP contribution in [-0.2, 0) is 0 Å². The van der Waals surface area contributed by atoms with Gasteiger partial charge in [-0.1, -0.05) is 38.8 Å². The fraction of sp³-hybridized carbons (Fsp3) is 0.667. The Bertz CT molecular complexity index is 374. The van der Waals surface area contributed by atoms with Crippen molar-refractivity contribution in [3.05, 3.63) is 29.8 Å². The summed E-state index contributed by atoms with van der Waals surface area (Å²) in [7, 11) is 0. The van der Waals surface area contributed by atoms with E-state index in [1.54, 1.807) is 0 Å². The van der Waals surface area contributed by atoms with Crippen LogP contribution in [0.5, 0.6) is 5.75 Å². The van der Waals surface area contributed by atoms with Crippen LogP contribution in [-0.4, -0.2) is 19.7 Å². The quantitative estimate of drug-likeness (QED) is 0.798. The SMILES string of the molecule is CCCOc1ccc(C2CCCCC2CNCC)cc1. The molecule has 2 unspecified atom stereocenters. The Morgan fingerprint density at radius 1 is 1.10 bits per heavy atom. The largest absolute Gasteiger partial charge is 0.494 e. The van der Waals surface area contributed by atoms with Gasteiger partial charge in [0, 0.05) is 0 Å². The van der Waals surface area contributed by atoms with Crippen LogP contribution in [0.1, 0.15) is 57.4 Å². The highest BCUT2D eigenvalue weighted by Crippen LogP contribution is 2.37. The van der Waals surface area contributed by atoms with Crippen molar-refractivity contribution in [3.8, 4) is 5.75 Å². The molecule has 0 bridgehead atoms. The van der Waals surface area contributed by atoms with Crippen LogP contribution in [0.3, 0.4) is 0 Å². The lowest BCUT2D eigenvalue weighted by Gasteiger charge is -2.32. The van der Waals surface area contributed by atoms with E-state index in [0.717, 1.165) is 43.7 Å². The summed E-state index contributed by atoms with van der Waals surface area (Å²) in [6.07, 6.45) is 6.54. The van der Waals surface area contributed by atoms with E-state index >= 15 is 0 Å². The maximum Gasteiger partial charge on any atom is 0.119 e. The van der Waals surface area contributed by atoms with Gasteiger partial charge in [-0.15, -0.1) is 0 Å². The molecule has 0 aromatic heterocycles. The third-order valence-corrected chi connectivity index (χ3v) is 4.35. The second kappa shape index (κ2) is 8.31. The molecule has 1 aromatic carbocycles. The van der Waals surface area contributed by atoms with E-state index in [0.29, 0.717) is 0 Å². The van der Waals surface area contributed by atoms with Crippen LogP contribution in [0.4, 0.5) is 0 Å². The summed E-state index contributed by atoms with van der Waals surface area (Å²) < 4.78 is 5.68. The zero-order chi connectivity index (χ0) is 14.2. The fourth-order valence-corrected chi connectivity index (χ4v) is 3.25. The third-order valence-electron chi connectivity index (χ3n) is 4.35. The first-order valence-electron chi connectivity index (χ1n) is 8.28. The second-order valence-corrected chi connectivity index (χ2v) is 5.88. The molecule has 0 saturated heterocycles. The molecule has 2 heteroatoms. The first-order chi connectivity index (χ1) is 9.85. The lowest BCUT2D eigenvalue weighted by Crippen LogP contribution is -2.29. The molecule has 2 nitrogen and oxygen atoms in total. The summed E-state index contributed by atoms with van der Waals surface area (Å²) in [6.45, 7) is 7.38. The van der Waals surface area contributed by atoms with Crippen molar-refractivity contribution in [1.82, 2.24) is 5.32 Å². The van der Waals surface area contributed by atoms with Crippen LogP contribution < -0.4 is 10.1 Å². The smallest absolute Gasteiger partial charge is 0.119 e. The van der Waals surface area contributed by atoms with Gasteiger partial charge in [-0.3, -0.25) is 0 Å². The zero-order valence-corrected chi connectivity index (χ0v) is 13.0. The van der Waals surface area contributed by atoms with Crippen LogP contribution >= 0.6 is 0 Å². The van der Waals surface area contributed by atoms with Gasteiger partial charge in [0.2, 0.25) is 0 Å². The summed E-state index contributed by atoms with van der Waals surface area (Å²) in [5.41, 5.74) is 1.50. The van der Waals surface area contributed by atoms with Gasteiger partial charge in [0.05, 0.1) is 6.61 Å². The first-order valence-corrected chi connectivity index (χ1v) is 8.28. The molecular weight excluding hydrogens is 246 g/mol. The molecule has 2 atom stereocenters. The summed E-state index contributed by atoms with van der Waals surface area (Å²) >= 11 is 0. The molecule has 0 radical (unpaired) electrons. The van der Waals surface area contributed by atoms with Crippen LogP contribution in [0.2, 0.25) is 0 Å². The van der Waals surface area contributed by atoms with Crippen molar-refractivity contribution in [3.63, 3.8) is 0 Å². The highest BCUT2D eigenvalue weighted by atomic mass is 16.5. The summed E-state index contributed by atoms with van der Waals surface area (Å²) in [4.78, 5) is 0. The van der Waals surface area contributed by atoms with E-state index < -0.39 is 0 Å². The predicted molar refractivity (Wildman–Crippen MR) is 85.5 cm³/mol. The molecule has 0 amide bonds. The van der Waals surface area contributed by atoms with Gasteiger partial charge in [0.15, 0.2) is 0 Å². The van der Waals surface area contributed by atoms with Crippen molar-refractivity contribution in [2.75, 3.05) is 19.7 Å². The fourth-order valence-electron chi connectivity index (χ4n) is 3.25. The molecule has 1 aliphatic rings. The molecule has 1 aliphatic carbocycles. The summed E-state index contributed by atoms with van der Waals surface area (Å²) in [5.74, 6) is 2.53. The minimum atomic E-state index is 0.725. The minimum absolute atomic E-state index is 0.725. The Kier molecular flexibility index (Phi) is 6.38. The van der Waals surface area contributed by atoms with Crippen molar-refractivity contribution in [2.24, 2.45) is 5.92 Å². The molecule has 0 spiro atoms. The normalized spacial score (nSPS) is 22.7. The zero-order valence-electron chi connectivity index (χ0n) is 13.0. The number of nitrogens with one attached hydrogen (secondary N) is 1. The predicted octanol–water partition coefficient (Wildman–Crippen LogP) is 4.36. The van der Waals surface area contributed by atoms with E-state index in [2.05, 4.69) is 43.4 Å². The number of hydrogen-bond acceptors (Lipinski definition) is 2. The molecular formula is C18H29NO. The minimum Gasteiger partial charge on any atom is -0.494 e. The van der Waals surface area contributed by atoms with E-state index in [1.807, 2.05) is 0 Å². The number of benzene rings is 1. The molecule has 1 saturated carbocycles. The van der Waals surface area contributed by atoms with Crippen molar-refractivity contribution < 1.29 is 4.74 Å². The van der Waals surface area contributed by atoms with Crippen molar-refractivity contribution in [1.29, 1.82) is 0 Å². The third kappa shape index (κ3) is 4.24. The standard InChI is InChI=1S/C18H29NO/c1-3-13-20-17-11-9-15(10-12-17)18-8-6-5-7-16(18)14-19-4-2/h9-12,16,18-19H,3-8,13-14H2,1-2H3. The Morgan fingerprint density at radius 3 is 2.55 bits per heavy atom. The van der Waals surface area contributed by atoms with Crippen molar-refractivity contribution >= 4 is 0 Å². The van der Waals surface area contributed by atoms with E-state index in [-0.39, 0.29) is 0 Å². The summed E-state index contributed by atoms with van der Waals surface area (Å²) in [6, 6.07) is 8.84. The van der Waals surface area contributed by atoms with E-state index in [4.69, 9.17) is 4.74 Å². The summed E-state index contributed by atoms with van der Waals surface area (Å²) in [5, 5.41) is 3.53. The highest BCUT2D eigenvalue weighted by Gasteiger charge is 2.25. The van der Waals surface area contributed by atoms with Gasteiger partial charge < -0.3 is 10.1 Å². The Balaban J connectivity index is 1.99. The van der Waals surface area contributed by atoms with Gasteiger partial charge in [-0.2, -0.15) is 0 Å². The lowest BCUT2D eigenvalue weighted by molar-refractivity contribution is 0.296. The molecule has 1 fully saturated rings. The van der Waals surface area contributed by atoms with Crippen molar-refractivity contribution in [2.45, 2.75) is 51.9 Å². The lowest BCUT2D eigenvalue weighted by atomic mass is 9.75. The number of hydrogen-bond donors (Lipinski definition) is 1. The molecule has 0 heterocycles. The van der Waals surface area contributed by atoms with Gasteiger partial charge in [0.1, 0.15) is 5.75 Å². The van der Waals surface area contributed by atoms with Crippen LogP contribution in [0.25, 0.3) is 0 Å². The van der Waals surface area contributed by atoms with Gasteiger partial charge >= 0.3 is 0 Å². The Hall–Kier alpha value is -1.02. The first kappa shape index (κ1) is 15.4. The molecule has 1 N–H and O–H groups in total. The molecule has 1 aromatic rings. The van der Waals surface area contributed by atoms with Gasteiger partial charge in [-0.25, -0.2) is 0 Å². The van der Waals surface area contributed by atoms with Crippen LogP contribution in [0.15, 0.2) is 24.3 Å². The number of ether oxygens (including phenoxy) is 1. The van der Waals surface area contributed by atoms with E-state index in [1.165, 1.54) is 31.2 Å². The second-order valence-electron chi connectivity index (χ2n) is 5.88. The van der Waals surface area contributed by atoms with Gasteiger partial charge in [0.25, 0.3) is 0 Å². The van der Waals surface area contributed by atoms with Gasteiger partial charge in [-0.05, 0) is 61.9 Å². The molecule has 2 rings (SSSR count). The Morgan fingerprint density at radius 2 is 1.85 bits per heavy atom. The molecule has 0 aliphatic heterocycles. The van der Waals surface area contributed by atoms with E-state index in [9.17, 15) is 0 Å². The number of rotatable bonds is 7. The highest BCUT2D eigenvalue weighted by molar-refractivity contribution is 5.30. The maximum atomic E-state index is 5.68. The average Bonchev–Trinajstić information content (AvgIpc) is 2.52. The molecule has 112 valence electrons. The maximum absolute atomic E-state index is 5.68. The Labute approximate surface area is 123 Å². The van der Waals surface area contributed by atoms with Crippen LogP contribution in [0, 0.1) is 5.92 Å². The molecule has 20 heavy (non-hydrogen) atoms. The monoisotopic (exact) mass is 275 g/mol.